The molecule has 100 valence electrons. The van der Waals surface area contributed by atoms with Crippen LogP contribution in [0.3, 0.4) is 0 Å². The van der Waals surface area contributed by atoms with Crippen molar-refractivity contribution >= 4 is 33.2 Å². The minimum atomic E-state index is -0.143. The molecule has 0 saturated heterocycles. The zero-order chi connectivity index (χ0) is 13.1. The van der Waals surface area contributed by atoms with Crippen molar-refractivity contribution in [2.75, 3.05) is 12.4 Å². The molecule has 0 aromatic heterocycles. The predicted molar refractivity (Wildman–Crippen MR) is 77.6 cm³/mol. The zero-order valence-electron chi connectivity index (χ0n) is 10.2. The number of methoxy groups -OCH3 is 1. The van der Waals surface area contributed by atoms with E-state index in [1.807, 2.05) is 12.1 Å². The average molecular weight is 335 g/mol. The lowest BCUT2D eigenvalue weighted by Crippen LogP contribution is -2.28. The van der Waals surface area contributed by atoms with Gasteiger partial charge in [0.05, 0.1) is 23.4 Å². The molecule has 0 unspecified atom stereocenters. The lowest BCUT2D eigenvalue weighted by atomic mass is 9.93. The second kappa shape index (κ2) is 6.13. The molecule has 3 nitrogen and oxygen atoms in total. The molecule has 5 heteroatoms. The van der Waals surface area contributed by atoms with Gasteiger partial charge in [-0.15, -0.1) is 0 Å². The maximum atomic E-state index is 9.50. The van der Waals surface area contributed by atoms with Gasteiger partial charge >= 0.3 is 0 Å². The quantitative estimate of drug-likeness (QED) is 0.883. The number of aliphatic hydroxyl groups excluding tert-OH is 1. The van der Waals surface area contributed by atoms with Gasteiger partial charge in [-0.05, 0) is 53.7 Å². The summed E-state index contributed by atoms with van der Waals surface area (Å²) in [6.07, 6.45) is 3.49. The number of rotatable bonds is 3. The highest BCUT2D eigenvalue weighted by molar-refractivity contribution is 9.10. The molecule has 0 amide bonds. The van der Waals surface area contributed by atoms with Gasteiger partial charge in [-0.3, -0.25) is 0 Å². The van der Waals surface area contributed by atoms with Crippen LogP contribution in [0.5, 0.6) is 5.75 Å². The highest BCUT2D eigenvalue weighted by atomic mass is 79.9. The summed E-state index contributed by atoms with van der Waals surface area (Å²) in [5.74, 6) is 0.769. The first kappa shape index (κ1) is 14.0. The third-order valence-electron chi connectivity index (χ3n) is 3.27. The van der Waals surface area contributed by atoms with Gasteiger partial charge in [0.25, 0.3) is 0 Å². The molecule has 1 saturated carbocycles. The van der Waals surface area contributed by atoms with Crippen LogP contribution in [0.1, 0.15) is 25.7 Å². The fourth-order valence-electron chi connectivity index (χ4n) is 2.32. The van der Waals surface area contributed by atoms with Crippen molar-refractivity contribution in [1.82, 2.24) is 0 Å². The smallest absolute Gasteiger partial charge is 0.156 e. The second-order valence-corrected chi connectivity index (χ2v) is 5.91. The zero-order valence-corrected chi connectivity index (χ0v) is 12.6. The minimum Gasteiger partial charge on any atom is -0.493 e. The van der Waals surface area contributed by atoms with E-state index >= 15 is 0 Å². The molecule has 0 spiro atoms. The van der Waals surface area contributed by atoms with Crippen LogP contribution in [0.25, 0.3) is 0 Å². The van der Waals surface area contributed by atoms with Crippen molar-refractivity contribution in [2.24, 2.45) is 0 Å². The molecule has 2 rings (SSSR count). The van der Waals surface area contributed by atoms with Gasteiger partial charge in [0.15, 0.2) is 5.75 Å². The summed E-state index contributed by atoms with van der Waals surface area (Å²) in [6.45, 7) is 0. The van der Waals surface area contributed by atoms with Gasteiger partial charge in [-0.2, -0.15) is 0 Å². The Morgan fingerprint density at radius 3 is 2.61 bits per heavy atom. The van der Waals surface area contributed by atoms with E-state index < -0.39 is 0 Å². The van der Waals surface area contributed by atoms with Crippen LogP contribution in [0.15, 0.2) is 16.6 Å². The van der Waals surface area contributed by atoms with E-state index in [0.29, 0.717) is 11.1 Å². The van der Waals surface area contributed by atoms with Crippen molar-refractivity contribution in [1.29, 1.82) is 0 Å². The molecule has 1 aromatic rings. The van der Waals surface area contributed by atoms with Crippen LogP contribution in [0.2, 0.25) is 5.02 Å². The molecule has 0 aliphatic heterocycles. The van der Waals surface area contributed by atoms with Crippen molar-refractivity contribution in [3.05, 3.63) is 21.6 Å². The van der Waals surface area contributed by atoms with Gasteiger partial charge in [-0.1, -0.05) is 11.6 Å². The van der Waals surface area contributed by atoms with Crippen LogP contribution < -0.4 is 10.1 Å². The highest BCUT2D eigenvalue weighted by Crippen LogP contribution is 2.37. The highest BCUT2D eigenvalue weighted by Gasteiger charge is 2.20. The van der Waals surface area contributed by atoms with E-state index in [1.165, 1.54) is 0 Å². The number of anilines is 1. The van der Waals surface area contributed by atoms with Gasteiger partial charge in [-0.25, -0.2) is 0 Å². The van der Waals surface area contributed by atoms with Crippen molar-refractivity contribution in [3.8, 4) is 5.75 Å². The molecule has 1 aliphatic rings. The summed E-state index contributed by atoms with van der Waals surface area (Å²) < 4.78 is 6.22. The van der Waals surface area contributed by atoms with Crippen LogP contribution in [-0.4, -0.2) is 24.4 Å². The lowest BCUT2D eigenvalue weighted by Gasteiger charge is -2.28. The topological polar surface area (TPSA) is 41.5 Å². The van der Waals surface area contributed by atoms with E-state index in [0.717, 1.165) is 41.6 Å². The third kappa shape index (κ3) is 3.31. The summed E-state index contributed by atoms with van der Waals surface area (Å²) in [5.41, 5.74) is 0.901. The predicted octanol–water partition coefficient (Wildman–Crippen LogP) is 3.83. The van der Waals surface area contributed by atoms with Crippen LogP contribution in [0.4, 0.5) is 5.69 Å². The third-order valence-corrected chi connectivity index (χ3v) is 4.08. The van der Waals surface area contributed by atoms with E-state index in [1.54, 1.807) is 7.11 Å². The molecular weight excluding hydrogens is 318 g/mol. The Kier molecular flexibility index (Phi) is 4.76. The van der Waals surface area contributed by atoms with Gasteiger partial charge < -0.3 is 15.2 Å². The summed E-state index contributed by atoms with van der Waals surface area (Å²) >= 11 is 9.50. The standard InChI is InChI=1S/C13H17BrClNO2/c1-18-13-11(14)6-8(15)7-12(13)16-9-2-4-10(17)5-3-9/h6-7,9-10,16-17H,2-5H2,1H3. The molecule has 1 fully saturated rings. The number of ether oxygens (including phenoxy) is 1. The fraction of sp³-hybridized carbons (Fsp3) is 0.538. The lowest BCUT2D eigenvalue weighted by molar-refractivity contribution is 0.126. The molecule has 0 bridgehead atoms. The Hall–Kier alpha value is -0.450. The van der Waals surface area contributed by atoms with Crippen molar-refractivity contribution in [2.45, 2.75) is 37.8 Å². The first-order valence-electron chi connectivity index (χ1n) is 6.07. The monoisotopic (exact) mass is 333 g/mol. The van der Waals surface area contributed by atoms with Crippen molar-refractivity contribution in [3.63, 3.8) is 0 Å². The van der Waals surface area contributed by atoms with Crippen LogP contribution in [-0.2, 0) is 0 Å². The van der Waals surface area contributed by atoms with Gasteiger partial charge in [0, 0.05) is 11.1 Å². The maximum Gasteiger partial charge on any atom is 0.156 e. The summed E-state index contributed by atoms with van der Waals surface area (Å²) in [6, 6.07) is 4.06. The maximum absolute atomic E-state index is 9.50. The van der Waals surface area contributed by atoms with E-state index in [-0.39, 0.29) is 6.10 Å². The number of aliphatic hydroxyl groups is 1. The SMILES string of the molecule is COc1c(Br)cc(Cl)cc1NC1CCC(O)CC1. The first-order valence-corrected chi connectivity index (χ1v) is 7.25. The van der Waals surface area contributed by atoms with E-state index in [9.17, 15) is 5.11 Å². The Morgan fingerprint density at radius 2 is 2.00 bits per heavy atom. The Bertz CT molecular complexity index is 420. The summed E-state index contributed by atoms with van der Waals surface area (Å²) in [4.78, 5) is 0. The number of halogens is 2. The van der Waals surface area contributed by atoms with Crippen LogP contribution in [0, 0.1) is 0 Å². The van der Waals surface area contributed by atoms with Gasteiger partial charge in [0.2, 0.25) is 0 Å². The number of benzene rings is 1. The summed E-state index contributed by atoms with van der Waals surface area (Å²) in [5, 5.41) is 13.6. The first-order chi connectivity index (χ1) is 8.60. The molecular formula is C13H17BrClNO2. The number of hydrogen-bond acceptors (Lipinski definition) is 3. The van der Waals surface area contributed by atoms with Crippen LogP contribution >= 0.6 is 27.5 Å². The fourth-order valence-corrected chi connectivity index (χ4v) is 3.29. The number of hydrogen-bond donors (Lipinski definition) is 2. The molecule has 1 aromatic carbocycles. The Morgan fingerprint density at radius 1 is 1.33 bits per heavy atom. The molecule has 0 atom stereocenters. The second-order valence-electron chi connectivity index (χ2n) is 4.62. The molecule has 1 aliphatic carbocycles. The van der Waals surface area contributed by atoms with E-state index in [4.69, 9.17) is 16.3 Å². The summed E-state index contributed by atoms with van der Waals surface area (Å²) in [7, 11) is 1.64. The molecule has 0 radical (unpaired) electrons. The normalized spacial score (nSPS) is 23.8. The van der Waals surface area contributed by atoms with E-state index in [2.05, 4.69) is 21.2 Å². The molecule has 2 N–H and O–H groups in total. The average Bonchev–Trinajstić information content (AvgIpc) is 2.32. The number of nitrogens with one attached hydrogen (secondary N) is 1. The molecule has 18 heavy (non-hydrogen) atoms. The minimum absolute atomic E-state index is 0.143. The molecule has 0 heterocycles. The Balaban J connectivity index is 2.13. The van der Waals surface area contributed by atoms with Gasteiger partial charge in [0.1, 0.15) is 0 Å². The Labute approximate surface area is 121 Å². The largest absolute Gasteiger partial charge is 0.493 e. The van der Waals surface area contributed by atoms with Crippen molar-refractivity contribution < 1.29 is 9.84 Å².